The van der Waals surface area contributed by atoms with Crippen LogP contribution in [0.25, 0.3) is 22.6 Å². The summed E-state index contributed by atoms with van der Waals surface area (Å²) >= 11 is 0. The predicted molar refractivity (Wildman–Crippen MR) is 85.6 cm³/mol. The number of carbonyl (C=O) groups excluding carboxylic acids is 1. The Morgan fingerprint density at radius 2 is 2.05 bits per heavy atom. The predicted octanol–water partition coefficient (Wildman–Crippen LogP) is 2.86. The van der Waals surface area contributed by atoms with Crippen molar-refractivity contribution in [3.8, 4) is 11.4 Å². The quantitative estimate of drug-likeness (QED) is 0.751. The molecule has 0 unspecified atom stereocenters. The van der Waals surface area contributed by atoms with Crippen molar-refractivity contribution in [1.29, 1.82) is 0 Å². The van der Waals surface area contributed by atoms with E-state index in [2.05, 4.69) is 28.8 Å². The molecule has 0 radical (unpaired) electrons. The number of hydrogen-bond donors (Lipinski definition) is 1. The standard InChI is InChI=1S/C16H17N5O/c1-9(2)21-15(12-6-4-5-11(7-12)10(3)22)20-13-14(17)18-8-19-16(13)21/h4-9H,1-3H3,(H2,17,18,19). The molecule has 1 aromatic carbocycles. The summed E-state index contributed by atoms with van der Waals surface area (Å²) in [6, 6.07) is 7.56. The topological polar surface area (TPSA) is 86.7 Å². The molecule has 0 saturated heterocycles. The second-order valence-electron chi connectivity index (χ2n) is 5.47. The Bertz CT molecular complexity index is 866. The summed E-state index contributed by atoms with van der Waals surface area (Å²) in [6.07, 6.45) is 1.44. The zero-order chi connectivity index (χ0) is 15.9. The van der Waals surface area contributed by atoms with E-state index in [1.54, 1.807) is 13.0 Å². The van der Waals surface area contributed by atoms with Crippen molar-refractivity contribution in [3.05, 3.63) is 36.2 Å². The van der Waals surface area contributed by atoms with Gasteiger partial charge in [0.25, 0.3) is 0 Å². The number of fused-ring (bicyclic) bond motifs is 1. The van der Waals surface area contributed by atoms with Crippen molar-refractivity contribution in [2.45, 2.75) is 26.8 Å². The fourth-order valence-electron chi connectivity index (χ4n) is 2.50. The van der Waals surface area contributed by atoms with Crippen molar-refractivity contribution < 1.29 is 4.79 Å². The third-order valence-corrected chi connectivity index (χ3v) is 3.55. The molecule has 0 atom stereocenters. The molecule has 0 aliphatic rings. The molecular weight excluding hydrogens is 278 g/mol. The summed E-state index contributed by atoms with van der Waals surface area (Å²) in [5.74, 6) is 1.11. The average molecular weight is 295 g/mol. The van der Waals surface area contributed by atoms with Gasteiger partial charge in [-0.25, -0.2) is 15.0 Å². The Morgan fingerprint density at radius 1 is 1.27 bits per heavy atom. The highest BCUT2D eigenvalue weighted by molar-refractivity contribution is 5.95. The molecule has 0 fully saturated rings. The first-order chi connectivity index (χ1) is 10.5. The molecule has 0 bridgehead atoms. The molecule has 6 heteroatoms. The van der Waals surface area contributed by atoms with Crippen LogP contribution in [0.2, 0.25) is 0 Å². The second-order valence-corrected chi connectivity index (χ2v) is 5.47. The van der Waals surface area contributed by atoms with E-state index in [0.717, 1.165) is 11.4 Å². The zero-order valence-corrected chi connectivity index (χ0v) is 12.7. The first-order valence-electron chi connectivity index (χ1n) is 7.09. The highest BCUT2D eigenvalue weighted by atomic mass is 16.1. The lowest BCUT2D eigenvalue weighted by Gasteiger charge is -2.12. The number of anilines is 1. The van der Waals surface area contributed by atoms with Crippen LogP contribution < -0.4 is 5.73 Å². The van der Waals surface area contributed by atoms with Crippen LogP contribution in [0.5, 0.6) is 0 Å². The van der Waals surface area contributed by atoms with Crippen LogP contribution in [0.4, 0.5) is 5.82 Å². The summed E-state index contributed by atoms with van der Waals surface area (Å²) in [6.45, 7) is 5.66. The van der Waals surface area contributed by atoms with Crippen molar-refractivity contribution in [2.24, 2.45) is 0 Å². The number of nitrogen functional groups attached to an aromatic ring is 1. The number of carbonyl (C=O) groups is 1. The second kappa shape index (κ2) is 5.22. The minimum absolute atomic E-state index is 0.0216. The first kappa shape index (κ1) is 14.2. The summed E-state index contributed by atoms with van der Waals surface area (Å²) in [5.41, 5.74) is 8.71. The molecule has 0 spiro atoms. The number of ketones is 1. The summed E-state index contributed by atoms with van der Waals surface area (Å²) in [7, 11) is 0. The number of benzene rings is 1. The highest BCUT2D eigenvalue weighted by Gasteiger charge is 2.18. The number of Topliss-reactive ketones (excluding diaryl/α,β-unsaturated/α-hetero) is 1. The van der Waals surface area contributed by atoms with E-state index in [1.165, 1.54) is 6.33 Å². The maximum atomic E-state index is 11.6. The van der Waals surface area contributed by atoms with E-state index in [1.807, 2.05) is 22.8 Å². The van der Waals surface area contributed by atoms with Crippen molar-refractivity contribution in [3.63, 3.8) is 0 Å². The Labute approximate surface area is 128 Å². The maximum Gasteiger partial charge on any atom is 0.166 e. The number of nitrogens with two attached hydrogens (primary N) is 1. The van der Waals surface area contributed by atoms with Gasteiger partial charge in [0, 0.05) is 17.2 Å². The third-order valence-electron chi connectivity index (χ3n) is 3.55. The molecule has 2 aromatic heterocycles. The Balaban J connectivity index is 2.31. The van der Waals surface area contributed by atoms with Gasteiger partial charge in [-0.3, -0.25) is 4.79 Å². The van der Waals surface area contributed by atoms with Crippen LogP contribution in [0, 0.1) is 0 Å². The maximum absolute atomic E-state index is 11.6. The van der Waals surface area contributed by atoms with Gasteiger partial charge in [0.15, 0.2) is 22.8 Å². The molecule has 3 rings (SSSR count). The molecule has 0 amide bonds. The SMILES string of the molecule is CC(=O)c1cccc(-c2nc3c(N)ncnc3n2C(C)C)c1. The molecule has 3 aromatic rings. The van der Waals surface area contributed by atoms with Gasteiger partial charge >= 0.3 is 0 Å². The van der Waals surface area contributed by atoms with Crippen LogP contribution in [0.1, 0.15) is 37.2 Å². The summed E-state index contributed by atoms with van der Waals surface area (Å²) < 4.78 is 2.01. The highest BCUT2D eigenvalue weighted by Crippen LogP contribution is 2.29. The summed E-state index contributed by atoms with van der Waals surface area (Å²) in [5, 5.41) is 0. The molecule has 22 heavy (non-hydrogen) atoms. The van der Waals surface area contributed by atoms with E-state index in [-0.39, 0.29) is 11.8 Å². The van der Waals surface area contributed by atoms with Crippen molar-refractivity contribution in [1.82, 2.24) is 19.5 Å². The molecule has 0 aliphatic heterocycles. The largest absolute Gasteiger partial charge is 0.382 e. The van der Waals surface area contributed by atoms with E-state index < -0.39 is 0 Å². The van der Waals surface area contributed by atoms with Gasteiger partial charge in [0.05, 0.1) is 0 Å². The van der Waals surface area contributed by atoms with Gasteiger partial charge in [-0.05, 0) is 26.8 Å². The van der Waals surface area contributed by atoms with Crippen LogP contribution >= 0.6 is 0 Å². The van der Waals surface area contributed by atoms with Crippen molar-refractivity contribution in [2.75, 3.05) is 5.73 Å². The number of rotatable bonds is 3. The molecule has 0 aliphatic carbocycles. The van der Waals surface area contributed by atoms with Crippen molar-refractivity contribution >= 4 is 22.8 Å². The van der Waals surface area contributed by atoms with Gasteiger partial charge < -0.3 is 10.3 Å². The van der Waals surface area contributed by atoms with E-state index in [0.29, 0.717) is 22.5 Å². The van der Waals surface area contributed by atoms with Crippen LogP contribution in [0.15, 0.2) is 30.6 Å². The molecule has 2 heterocycles. The van der Waals surface area contributed by atoms with Gasteiger partial charge in [-0.1, -0.05) is 18.2 Å². The number of nitrogens with zero attached hydrogens (tertiary/aromatic N) is 4. The van der Waals surface area contributed by atoms with Gasteiger partial charge in [0.1, 0.15) is 12.2 Å². The van der Waals surface area contributed by atoms with Gasteiger partial charge in [-0.2, -0.15) is 0 Å². The van der Waals surface area contributed by atoms with Crippen LogP contribution in [0.3, 0.4) is 0 Å². The van der Waals surface area contributed by atoms with E-state index >= 15 is 0 Å². The van der Waals surface area contributed by atoms with E-state index in [9.17, 15) is 4.79 Å². The number of aromatic nitrogens is 4. The lowest BCUT2D eigenvalue weighted by Crippen LogP contribution is -2.05. The normalized spacial score (nSPS) is 11.3. The Hall–Kier alpha value is -2.76. The molecule has 6 nitrogen and oxygen atoms in total. The van der Waals surface area contributed by atoms with Crippen LogP contribution in [-0.2, 0) is 0 Å². The van der Waals surface area contributed by atoms with Gasteiger partial charge in [-0.15, -0.1) is 0 Å². The Kier molecular flexibility index (Phi) is 3.36. The number of hydrogen-bond acceptors (Lipinski definition) is 5. The molecule has 112 valence electrons. The molecular formula is C16H17N5O. The molecule has 0 saturated carbocycles. The summed E-state index contributed by atoms with van der Waals surface area (Å²) in [4.78, 5) is 24.5. The van der Waals surface area contributed by atoms with E-state index in [4.69, 9.17) is 5.73 Å². The minimum atomic E-state index is 0.0216. The van der Waals surface area contributed by atoms with Gasteiger partial charge in [0.2, 0.25) is 0 Å². The first-order valence-corrected chi connectivity index (χ1v) is 7.09. The number of imidazole rings is 1. The third kappa shape index (κ3) is 2.22. The fraction of sp³-hybridized carbons (Fsp3) is 0.250. The monoisotopic (exact) mass is 295 g/mol. The lowest BCUT2D eigenvalue weighted by atomic mass is 10.1. The Morgan fingerprint density at radius 3 is 2.73 bits per heavy atom. The lowest BCUT2D eigenvalue weighted by molar-refractivity contribution is 0.101. The van der Waals surface area contributed by atoms with Crippen LogP contribution in [-0.4, -0.2) is 25.3 Å². The minimum Gasteiger partial charge on any atom is -0.382 e. The zero-order valence-electron chi connectivity index (χ0n) is 12.7. The molecule has 2 N–H and O–H groups in total. The fourth-order valence-corrected chi connectivity index (χ4v) is 2.50. The smallest absolute Gasteiger partial charge is 0.166 e. The average Bonchev–Trinajstić information content (AvgIpc) is 2.88.